The van der Waals surface area contributed by atoms with Crippen molar-refractivity contribution in [3.05, 3.63) is 71.9 Å². The van der Waals surface area contributed by atoms with E-state index < -0.39 is 54.2 Å². The third-order valence-electron chi connectivity index (χ3n) is 4.95. The van der Waals surface area contributed by atoms with Crippen LogP contribution in [0.25, 0.3) is 10.9 Å². The topological polar surface area (TPSA) is 180 Å². The lowest BCUT2D eigenvalue weighted by Gasteiger charge is -2.13. The van der Waals surface area contributed by atoms with E-state index in [-0.39, 0.29) is 5.91 Å². The first-order valence-corrected chi connectivity index (χ1v) is 12.1. The number of hydrogen-bond donors (Lipinski definition) is 5. The molecular weight excluding hydrogens is 694 g/mol. The fourth-order valence-corrected chi connectivity index (χ4v) is 2.69. The van der Waals surface area contributed by atoms with Crippen molar-refractivity contribution < 1.29 is 87.2 Å². The molecule has 0 aliphatic carbocycles. The van der Waals surface area contributed by atoms with Crippen LogP contribution in [0, 0.1) is 0 Å². The summed E-state index contributed by atoms with van der Waals surface area (Å²) in [6.45, 7) is 0. The van der Waals surface area contributed by atoms with Gasteiger partial charge in [0.25, 0.3) is 0 Å². The summed E-state index contributed by atoms with van der Waals surface area (Å²) in [4.78, 5) is 43.2. The molecule has 3 aromatic rings. The second-order valence-corrected chi connectivity index (χ2v) is 8.65. The molecule has 22 heteroatoms. The van der Waals surface area contributed by atoms with E-state index in [2.05, 4.69) is 10.3 Å². The number of carbonyl (C=O) groups excluding carboxylic acids is 1. The van der Waals surface area contributed by atoms with Crippen molar-refractivity contribution in [3.8, 4) is 0 Å². The monoisotopic (exact) mass is 715 g/mol. The Bertz CT molecular complexity index is 1470. The number of fused-ring (bicyclic) bond motifs is 1. The van der Waals surface area contributed by atoms with Crippen LogP contribution >= 0.6 is 0 Å². The van der Waals surface area contributed by atoms with Crippen molar-refractivity contribution in [2.24, 2.45) is 5.73 Å². The number of halogens is 12. The Morgan fingerprint density at radius 1 is 0.708 bits per heavy atom. The maximum Gasteiger partial charge on any atom is 0.490 e. The number of hydrogen-bond acceptors (Lipinski definition) is 6. The fourth-order valence-electron chi connectivity index (χ4n) is 2.69. The average Bonchev–Trinajstić information content (AvgIpc) is 2.95. The normalized spacial score (nSPS) is 12.1. The minimum Gasteiger partial charge on any atom is -0.475 e. The van der Waals surface area contributed by atoms with E-state index in [1.165, 1.54) is 12.1 Å². The molecule has 0 saturated carbocycles. The summed E-state index contributed by atoms with van der Waals surface area (Å²) in [7, 11) is 0. The molecule has 0 spiro atoms. The first-order chi connectivity index (χ1) is 21.7. The standard InChI is InChI=1S/C20H18F3N3O.3C2HF3O2/c21-20(22,23)15-8-5-13(6-9-15)7-10-17(24)19(27)26-16-11-14-3-1-2-4-18(14)25-12-16;3*3-2(4,5)1(6)7/h1-6,8-9,11-12,17H,7,10,24H2,(H,26,27);3*(H,6,7)/t17-;;;/m1.../s1. The van der Waals surface area contributed by atoms with Gasteiger partial charge in [-0.1, -0.05) is 30.3 Å². The third kappa shape index (κ3) is 17.0. The van der Waals surface area contributed by atoms with Gasteiger partial charge in [-0.25, -0.2) is 14.4 Å². The van der Waals surface area contributed by atoms with Crippen LogP contribution in [-0.4, -0.2) is 68.7 Å². The second kappa shape index (κ2) is 17.7. The molecule has 0 radical (unpaired) electrons. The van der Waals surface area contributed by atoms with Gasteiger partial charge in [-0.15, -0.1) is 0 Å². The van der Waals surface area contributed by atoms with Crippen molar-refractivity contribution in [2.45, 2.75) is 43.6 Å². The summed E-state index contributed by atoms with van der Waals surface area (Å²) in [5.74, 6) is -8.63. The van der Waals surface area contributed by atoms with Gasteiger partial charge in [0.15, 0.2) is 0 Å². The Morgan fingerprint density at radius 2 is 1.12 bits per heavy atom. The van der Waals surface area contributed by atoms with E-state index >= 15 is 0 Å². The number of amides is 1. The largest absolute Gasteiger partial charge is 0.490 e. The highest BCUT2D eigenvalue weighted by molar-refractivity contribution is 5.96. The molecule has 6 N–H and O–H groups in total. The number of alkyl halides is 12. The van der Waals surface area contributed by atoms with Crippen molar-refractivity contribution in [1.29, 1.82) is 0 Å². The van der Waals surface area contributed by atoms with Crippen molar-refractivity contribution in [3.63, 3.8) is 0 Å². The highest BCUT2D eigenvalue weighted by Crippen LogP contribution is 2.29. The van der Waals surface area contributed by atoms with Gasteiger partial charge in [0.05, 0.1) is 29.0 Å². The lowest BCUT2D eigenvalue weighted by molar-refractivity contribution is -0.193. The first-order valence-electron chi connectivity index (χ1n) is 12.1. The van der Waals surface area contributed by atoms with Crippen LogP contribution in [0.15, 0.2) is 60.8 Å². The molecule has 266 valence electrons. The SMILES string of the molecule is N[C@H](CCc1ccc(C(F)(F)F)cc1)C(=O)Nc1cnc2ccccc2c1.O=C(O)C(F)(F)F.O=C(O)C(F)(F)F.O=C(O)C(F)(F)F. The van der Waals surface area contributed by atoms with Crippen molar-refractivity contribution in [2.75, 3.05) is 5.32 Å². The molecular formula is C26H21F12N3O7. The third-order valence-corrected chi connectivity index (χ3v) is 4.95. The maximum atomic E-state index is 12.6. The van der Waals surface area contributed by atoms with E-state index in [1.807, 2.05) is 30.3 Å². The van der Waals surface area contributed by atoms with Crippen LogP contribution in [-0.2, 0) is 31.8 Å². The Balaban J connectivity index is 0.000000855. The Labute approximate surface area is 259 Å². The van der Waals surface area contributed by atoms with Crippen LogP contribution in [0.1, 0.15) is 17.5 Å². The first kappa shape index (κ1) is 42.9. The number of benzene rings is 2. The minimum atomic E-state index is -5.08. The summed E-state index contributed by atoms with van der Waals surface area (Å²) < 4.78 is 133. The quantitative estimate of drug-likeness (QED) is 0.197. The Kier molecular flexibility index (Phi) is 15.8. The van der Waals surface area contributed by atoms with Gasteiger partial charge in [0.1, 0.15) is 0 Å². The van der Waals surface area contributed by atoms with E-state index in [1.54, 1.807) is 6.20 Å². The molecule has 48 heavy (non-hydrogen) atoms. The van der Waals surface area contributed by atoms with E-state index in [0.29, 0.717) is 24.1 Å². The molecule has 0 unspecified atom stereocenters. The van der Waals surface area contributed by atoms with Crippen LogP contribution in [0.2, 0.25) is 0 Å². The highest BCUT2D eigenvalue weighted by atomic mass is 19.4. The molecule has 1 amide bonds. The smallest absolute Gasteiger partial charge is 0.475 e. The van der Waals surface area contributed by atoms with Gasteiger partial charge in [-0.3, -0.25) is 9.78 Å². The maximum absolute atomic E-state index is 12.6. The molecule has 0 saturated heterocycles. The number of nitrogens with one attached hydrogen (secondary N) is 1. The zero-order valence-electron chi connectivity index (χ0n) is 23.3. The number of carboxylic acids is 3. The molecule has 1 aromatic heterocycles. The van der Waals surface area contributed by atoms with Gasteiger partial charge in [-0.05, 0) is 42.7 Å². The van der Waals surface area contributed by atoms with Crippen LogP contribution in [0.5, 0.6) is 0 Å². The average molecular weight is 715 g/mol. The predicted molar refractivity (Wildman–Crippen MR) is 139 cm³/mol. The summed E-state index contributed by atoms with van der Waals surface area (Å²) in [6, 6.07) is 13.4. The van der Waals surface area contributed by atoms with Gasteiger partial charge < -0.3 is 26.4 Å². The lowest BCUT2D eigenvalue weighted by atomic mass is 10.0. The Hall–Kier alpha value is -5.15. The highest BCUT2D eigenvalue weighted by Gasteiger charge is 2.39. The zero-order chi connectivity index (χ0) is 37.7. The van der Waals surface area contributed by atoms with Crippen molar-refractivity contribution >= 4 is 40.4 Å². The number of para-hydroxylation sites is 1. The molecule has 3 rings (SSSR count). The number of rotatable bonds is 5. The summed E-state index contributed by atoms with van der Waals surface area (Å²) in [5.41, 5.74) is 7.27. The molecule has 0 fully saturated rings. The molecule has 2 aromatic carbocycles. The molecule has 1 heterocycles. The number of aliphatic carboxylic acids is 3. The second-order valence-electron chi connectivity index (χ2n) is 8.65. The number of anilines is 1. The van der Waals surface area contributed by atoms with Gasteiger partial charge in [0, 0.05) is 5.39 Å². The summed E-state index contributed by atoms with van der Waals surface area (Å²) >= 11 is 0. The van der Waals surface area contributed by atoms with Crippen LogP contribution in [0.3, 0.4) is 0 Å². The molecule has 0 bridgehead atoms. The summed E-state index contributed by atoms with van der Waals surface area (Å²) in [6.07, 6.45) is -17.3. The number of aryl methyl sites for hydroxylation is 1. The van der Waals surface area contributed by atoms with E-state index in [4.69, 9.17) is 35.4 Å². The van der Waals surface area contributed by atoms with Gasteiger partial charge >= 0.3 is 42.6 Å². The molecule has 0 aliphatic heterocycles. The molecule has 1 atom stereocenters. The number of nitrogens with zero attached hydrogens (tertiary/aromatic N) is 1. The fraction of sp³-hybridized carbons (Fsp3) is 0.269. The van der Waals surface area contributed by atoms with Gasteiger partial charge in [-0.2, -0.15) is 52.7 Å². The number of pyridine rings is 1. The Morgan fingerprint density at radius 3 is 1.52 bits per heavy atom. The lowest BCUT2D eigenvalue weighted by Crippen LogP contribution is -2.36. The van der Waals surface area contributed by atoms with Gasteiger partial charge in [0.2, 0.25) is 5.91 Å². The zero-order valence-corrected chi connectivity index (χ0v) is 23.3. The predicted octanol–water partition coefficient (Wildman–Crippen LogP) is 6.05. The summed E-state index contributed by atoms with van der Waals surface area (Å²) in [5, 5.41) is 25.0. The van der Waals surface area contributed by atoms with Crippen LogP contribution < -0.4 is 11.1 Å². The molecule has 0 aliphatic rings. The number of nitrogens with two attached hydrogens (primary N) is 1. The number of aromatic nitrogens is 1. The minimum absolute atomic E-state index is 0.318. The van der Waals surface area contributed by atoms with E-state index in [0.717, 1.165) is 23.0 Å². The molecule has 10 nitrogen and oxygen atoms in total. The van der Waals surface area contributed by atoms with E-state index in [9.17, 15) is 57.5 Å². The van der Waals surface area contributed by atoms with Crippen molar-refractivity contribution in [1.82, 2.24) is 4.98 Å². The number of carboxylic acid groups (broad SMARTS) is 3. The number of carbonyl (C=O) groups is 4. The van der Waals surface area contributed by atoms with Crippen LogP contribution in [0.4, 0.5) is 58.4 Å².